The lowest BCUT2D eigenvalue weighted by atomic mass is 9.82. The molecule has 0 saturated heterocycles. The van der Waals surface area contributed by atoms with Gasteiger partial charge >= 0.3 is 0 Å². The van der Waals surface area contributed by atoms with Gasteiger partial charge in [0.15, 0.2) is 0 Å². The molecule has 5 unspecified atom stereocenters. The lowest BCUT2D eigenvalue weighted by Gasteiger charge is -2.22. The van der Waals surface area contributed by atoms with Crippen LogP contribution in [0.1, 0.15) is 58.3 Å². The highest BCUT2D eigenvalue weighted by atomic mass is 16.1. The van der Waals surface area contributed by atoms with Crippen LogP contribution >= 0.6 is 0 Å². The van der Waals surface area contributed by atoms with Gasteiger partial charge in [-0.15, -0.1) is 0 Å². The molecule has 0 aromatic rings. The molecule has 0 aliphatic heterocycles. The number of rotatable bonds is 3. The van der Waals surface area contributed by atoms with E-state index < -0.39 is 0 Å². The Morgan fingerprint density at radius 2 is 1.94 bits per heavy atom. The molecule has 5 atom stereocenters. The number of hydrogen-bond acceptors (Lipinski definition) is 1. The zero-order chi connectivity index (χ0) is 11.1. The smallest absolute Gasteiger partial charge is 0.136 e. The molecular formula is C15H24O. The van der Waals surface area contributed by atoms with E-state index in [1.165, 1.54) is 44.9 Å². The Kier molecular flexibility index (Phi) is 2.81. The van der Waals surface area contributed by atoms with Crippen LogP contribution in [-0.4, -0.2) is 5.78 Å². The van der Waals surface area contributed by atoms with Crippen molar-refractivity contribution in [3.05, 3.63) is 0 Å². The molecule has 3 fully saturated rings. The largest absolute Gasteiger partial charge is 0.299 e. The summed E-state index contributed by atoms with van der Waals surface area (Å²) in [6.45, 7) is 2.30. The Morgan fingerprint density at radius 3 is 2.50 bits per heavy atom. The van der Waals surface area contributed by atoms with Gasteiger partial charge in [-0.2, -0.15) is 0 Å². The highest BCUT2D eigenvalue weighted by molar-refractivity contribution is 5.81. The van der Waals surface area contributed by atoms with Crippen molar-refractivity contribution in [2.24, 2.45) is 29.6 Å². The maximum Gasteiger partial charge on any atom is 0.136 e. The Balaban J connectivity index is 1.53. The van der Waals surface area contributed by atoms with Crippen LogP contribution in [0.15, 0.2) is 0 Å². The highest BCUT2D eigenvalue weighted by Gasteiger charge is 2.41. The maximum absolute atomic E-state index is 12.2. The molecule has 1 heteroatoms. The fraction of sp³-hybridized carbons (Fsp3) is 0.933. The fourth-order valence-corrected chi connectivity index (χ4v) is 4.55. The van der Waals surface area contributed by atoms with E-state index in [1.807, 2.05) is 0 Å². The number of carbonyl (C=O) groups excluding carboxylic acids is 1. The van der Waals surface area contributed by atoms with Gasteiger partial charge < -0.3 is 0 Å². The van der Waals surface area contributed by atoms with Gasteiger partial charge in [0, 0.05) is 12.3 Å². The van der Waals surface area contributed by atoms with Crippen LogP contribution in [0.4, 0.5) is 0 Å². The van der Waals surface area contributed by atoms with Gasteiger partial charge in [-0.05, 0) is 62.2 Å². The second-order valence-electron chi connectivity index (χ2n) is 6.72. The topological polar surface area (TPSA) is 17.1 Å². The summed E-state index contributed by atoms with van der Waals surface area (Å²) in [5.41, 5.74) is 0. The summed E-state index contributed by atoms with van der Waals surface area (Å²) in [5, 5.41) is 0. The molecule has 0 spiro atoms. The fourth-order valence-electron chi connectivity index (χ4n) is 4.55. The average molecular weight is 220 g/mol. The zero-order valence-corrected chi connectivity index (χ0v) is 10.5. The van der Waals surface area contributed by atoms with Gasteiger partial charge in [0.2, 0.25) is 0 Å². The normalized spacial score (nSPS) is 46.4. The van der Waals surface area contributed by atoms with Crippen LogP contribution in [0.25, 0.3) is 0 Å². The van der Waals surface area contributed by atoms with Crippen molar-refractivity contribution in [1.29, 1.82) is 0 Å². The first-order valence-corrected chi connectivity index (χ1v) is 7.25. The van der Waals surface area contributed by atoms with E-state index in [2.05, 4.69) is 6.92 Å². The third kappa shape index (κ3) is 1.94. The number of ketones is 1. The van der Waals surface area contributed by atoms with Gasteiger partial charge in [0.25, 0.3) is 0 Å². The van der Waals surface area contributed by atoms with E-state index in [9.17, 15) is 4.79 Å². The van der Waals surface area contributed by atoms with Gasteiger partial charge in [-0.25, -0.2) is 0 Å². The van der Waals surface area contributed by atoms with Crippen molar-refractivity contribution in [1.82, 2.24) is 0 Å². The molecule has 3 aliphatic rings. The van der Waals surface area contributed by atoms with Crippen LogP contribution in [-0.2, 0) is 4.79 Å². The van der Waals surface area contributed by atoms with E-state index in [1.54, 1.807) is 0 Å². The Hall–Kier alpha value is -0.330. The summed E-state index contributed by atoms with van der Waals surface area (Å²) < 4.78 is 0. The first-order chi connectivity index (χ1) is 7.72. The van der Waals surface area contributed by atoms with Crippen LogP contribution < -0.4 is 0 Å². The predicted octanol–water partition coefficient (Wildman–Crippen LogP) is 3.82. The molecule has 0 radical (unpaired) electrons. The molecule has 16 heavy (non-hydrogen) atoms. The van der Waals surface area contributed by atoms with Crippen LogP contribution in [0.5, 0.6) is 0 Å². The van der Waals surface area contributed by atoms with Crippen LogP contribution in [0.3, 0.4) is 0 Å². The number of fused-ring (bicyclic) bond motifs is 2. The predicted molar refractivity (Wildman–Crippen MR) is 65.1 cm³/mol. The van der Waals surface area contributed by atoms with Gasteiger partial charge in [-0.1, -0.05) is 13.3 Å². The van der Waals surface area contributed by atoms with Crippen molar-refractivity contribution in [2.45, 2.75) is 58.3 Å². The first-order valence-electron chi connectivity index (χ1n) is 7.25. The minimum absolute atomic E-state index is 0.439. The molecule has 0 N–H and O–H groups in total. The molecule has 90 valence electrons. The Bertz CT molecular complexity index is 283. The summed E-state index contributed by atoms with van der Waals surface area (Å²) in [6, 6.07) is 0. The standard InChI is InChI=1S/C15H24O/c1-10-2-4-13(6-10)15(16)9-14-8-11-3-5-12(14)7-11/h10-14H,2-9H2,1H3. The minimum Gasteiger partial charge on any atom is -0.299 e. The Morgan fingerprint density at radius 1 is 1.06 bits per heavy atom. The second-order valence-corrected chi connectivity index (χ2v) is 6.72. The Labute approximate surface area is 99.0 Å². The highest BCUT2D eigenvalue weighted by Crippen LogP contribution is 2.50. The lowest BCUT2D eigenvalue weighted by Crippen LogP contribution is -2.19. The monoisotopic (exact) mass is 220 g/mol. The van der Waals surface area contributed by atoms with Gasteiger partial charge in [0.1, 0.15) is 5.78 Å². The molecule has 2 bridgehead atoms. The van der Waals surface area contributed by atoms with E-state index in [0.29, 0.717) is 11.7 Å². The number of carbonyl (C=O) groups is 1. The quantitative estimate of drug-likeness (QED) is 0.706. The molecule has 3 aliphatic carbocycles. The summed E-state index contributed by atoms with van der Waals surface area (Å²) in [7, 11) is 0. The van der Waals surface area contributed by atoms with E-state index in [0.717, 1.165) is 30.1 Å². The molecule has 0 aromatic heterocycles. The molecule has 3 rings (SSSR count). The van der Waals surface area contributed by atoms with E-state index >= 15 is 0 Å². The molecule has 0 aromatic carbocycles. The van der Waals surface area contributed by atoms with Gasteiger partial charge in [0.05, 0.1) is 0 Å². The molecule has 0 amide bonds. The van der Waals surface area contributed by atoms with Crippen molar-refractivity contribution >= 4 is 5.78 Å². The second kappa shape index (κ2) is 4.16. The summed E-state index contributed by atoms with van der Waals surface area (Å²) in [5.74, 6) is 4.55. The van der Waals surface area contributed by atoms with E-state index in [4.69, 9.17) is 0 Å². The van der Waals surface area contributed by atoms with Crippen LogP contribution in [0, 0.1) is 29.6 Å². The van der Waals surface area contributed by atoms with Crippen LogP contribution in [0.2, 0.25) is 0 Å². The third-order valence-corrected chi connectivity index (χ3v) is 5.50. The van der Waals surface area contributed by atoms with Crippen molar-refractivity contribution in [3.8, 4) is 0 Å². The van der Waals surface area contributed by atoms with Gasteiger partial charge in [-0.3, -0.25) is 4.79 Å². The summed E-state index contributed by atoms with van der Waals surface area (Å²) in [6.07, 6.45) is 10.3. The molecular weight excluding hydrogens is 196 g/mol. The lowest BCUT2D eigenvalue weighted by molar-refractivity contribution is -0.124. The molecule has 0 heterocycles. The maximum atomic E-state index is 12.2. The van der Waals surface area contributed by atoms with Crippen molar-refractivity contribution in [2.75, 3.05) is 0 Å². The summed E-state index contributed by atoms with van der Waals surface area (Å²) in [4.78, 5) is 12.2. The third-order valence-electron chi connectivity index (χ3n) is 5.50. The summed E-state index contributed by atoms with van der Waals surface area (Å²) >= 11 is 0. The SMILES string of the molecule is CC1CCC(C(=O)CC2CC3CCC2C3)C1. The van der Waals surface area contributed by atoms with Crippen molar-refractivity contribution < 1.29 is 4.79 Å². The van der Waals surface area contributed by atoms with Crippen molar-refractivity contribution in [3.63, 3.8) is 0 Å². The first kappa shape index (κ1) is 10.8. The molecule has 1 nitrogen and oxygen atoms in total. The number of Topliss-reactive ketones (excluding diaryl/α,β-unsaturated/α-hetero) is 1. The molecule has 3 saturated carbocycles. The average Bonchev–Trinajstić information content (AvgIpc) is 2.92. The van der Waals surface area contributed by atoms with E-state index in [-0.39, 0.29) is 0 Å². The zero-order valence-electron chi connectivity index (χ0n) is 10.5. The number of hydrogen-bond donors (Lipinski definition) is 0. The minimum atomic E-state index is 0.439.